The molecule has 2 heteroatoms. The summed E-state index contributed by atoms with van der Waals surface area (Å²) in [5.74, 6) is 1.82. The lowest BCUT2D eigenvalue weighted by atomic mass is 9.91. The van der Waals surface area contributed by atoms with Crippen LogP contribution in [0.4, 0.5) is 0 Å². The number of ether oxygens (including phenoxy) is 1. The minimum absolute atomic E-state index is 0.319. The summed E-state index contributed by atoms with van der Waals surface area (Å²) in [6.07, 6.45) is 4.00. The Balaban J connectivity index is 1.87. The molecule has 2 aliphatic carbocycles. The highest BCUT2D eigenvalue weighted by Gasteiger charge is 2.53. The first-order chi connectivity index (χ1) is 8.65. The third kappa shape index (κ3) is 2.03. The Kier molecular flexibility index (Phi) is 2.86. The van der Waals surface area contributed by atoms with Gasteiger partial charge in [-0.3, -0.25) is 0 Å². The average molecular weight is 245 g/mol. The summed E-state index contributed by atoms with van der Waals surface area (Å²) < 4.78 is 5.57. The van der Waals surface area contributed by atoms with Gasteiger partial charge in [0.2, 0.25) is 0 Å². The first-order valence-corrected chi connectivity index (χ1v) is 7.04. The zero-order chi connectivity index (χ0) is 12.8. The van der Waals surface area contributed by atoms with Crippen LogP contribution in [-0.2, 0) is 5.41 Å². The minimum Gasteiger partial charge on any atom is -0.496 e. The van der Waals surface area contributed by atoms with Crippen LogP contribution in [0.3, 0.4) is 0 Å². The minimum atomic E-state index is 0.319. The van der Waals surface area contributed by atoms with Crippen LogP contribution in [0, 0.1) is 12.8 Å². The number of nitrogens with one attached hydrogen (secondary N) is 1. The quantitative estimate of drug-likeness (QED) is 0.861. The number of rotatable bonds is 5. The number of hydrogen-bond donors (Lipinski definition) is 1. The highest BCUT2D eigenvalue weighted by Crippen LogP contribution is 2.56. The van der Waals surface area contributed by atoms with E-state index in [-0.39, 0.29) is 0 Å². The van der Waals surface area contributed by atoms with Gasteiger partial charge in [-0.25, -0.2) is 0 Å². The van der Waals surface area contributed by atoms with E-state index in [9.17, 15) is 0 Å². The van der Waals surface area contributed by atoms with Crippen LogP contribution in [0.1, 0.15) is 37.3 Å². The standard InChI is InChI=1S/C16H23NO/c1-11-4-7-15(18-3)14(8-11)16(9-12(16)2)10-17-13-5-6-13/h4,7-8,12-13,17H,5-6,9-10H2,1-3H3. The summed E-state index contributed by atoms with van der Waals surface area (Å²) >= 11 is 0. The number of aryl methyl sites for hydroxylation is 1. The SMILES string of the molecule is COc1ccc(C)cc1C1(CNC2CC2)CC1C. The Hall–Kier alpha value is -1.02. The van der Waals surface area contributed by atoms with Gasteiger partial charge >= 0.3 is 0 Å². The molecule has 0 heterocycles. The fourth-order valence-electron chi connectivity index (χ4n) is 3.03. The molecule has 98 valence electrons. The van der Waals surface area contributed by atoms with E-state index in [0.29, 0.717) is 5.41 Å². The molecule has 2 fully saturated rings. The van der Waals surface area contributed by atoms with Gasteiger partial charge in [-0.2, -0.15) is 0 Å². The van der Waals surface area contributed by atoms with Crippen molar-refractivity contribution in [2.75, 3.05) is 13.7 Å². The third-order valence-electron chi connectivity index (χ3n) is 4.63. The predicted octanol–water partition coefficient (Wildman–Crippen LogP) is 3.03. The molecule has 0 spiro atoms. The van der Waals surface area contributed by atoms with Crippen molar-refractivity contribution >= 4 is 0 Å². The van der Waals surface area contributed by atoms with E-state index in [1.54, 1.807) is 7.11 Å². The Morgan fingerprint density at radius 1 is 1.39 bits per heavy atom. The average Bonchev–Trinajstić information content (AvgIpc) is 3.24. The molecular weight excluding hydrogens is 222 g/mol. The second-order valence-corrected chi connectivity index (χ2v) is 6.12. The van der Waals surface area contributed by atoms with Gasteiger partial charge in [0.05, 0.1) is 7.11 Å². The normalized spacial score (nSPS) is 30.3. The lowest BCUT2D eigenvalue weighted by Gasteiger charge is -2.21. The highest BCUT2D eigenvalue weighted by molar-refractivity contribution is 5.47. The molecule has 0 amide bonds. The monoisotopic (exact) mass is 245 g/mol. The molecule has 18 heavy (non-hydrogen) atoms. The molecule has 0 aromatic heterocycles. The first kappa shape index (κ1) is 12.0. The molecule has 2 unspecified atom stereocenters. The zero-order valence-electron chi connectivity index (χ0n) is 11.6. The first-order valence-electron chi connectivity index (χ1n) is 7.04. The van der Waals surface area contributed by atoms with Crippen molar-refractivity contribution in [3.63, 3.8) is 0 Å². The van der Waals surface area contributed by atoms with Crippen molar-refractivity contribution in [1.29, 1.82) is 0 Å². The predicted molar refractivity (Wildman–Crippen MR) is 74.2 cm³/mol. The molecule has 0 bridgehead atoms. The molecule has 2 aliphatic rings. The molecule has 1 N–H and O–H groups in total. The van der Waals surface area contributed by atoms with Gasteiger partial charge in [-0.05, 0) is 38.2 Å². The Morgan fingerprint density at radius 2 is 2.11 bits per heavy atom. The molecule has 2 atom stereocenters. The van der Waals surface area contributed by atoms with Gasteiger partial charge in [0.25, 0.3) is 0 Å². The maximum atomic E-state index is 5.57. The molecular formula is C16H23NO. The second-order valence-electron chi connectivity index (χ2n) is 6.12. The van der Waals surface area contributed by atoms with Crippen LogP contribution >= 0.6 is 0 Å². The van der Waals surface area contributed by atoms with Crippen LogP contribution in [-0.4, -0.2) is 19.7 Å². The van der Waals surface area contributed by atoms with Crippen molar-refractivity contribution in [3.05, 3.63) is 29.3 Å². The summed E-state index contributed by atoms with van der Waals surface area (Å²) in [6, 6.07) is 7.36. The van der Waals surface area contributed by atoms with E-state index < -0.39 is 0 Å². The molecule has 1 aromatic rings. The van der Waals surface area contributed by atoms with Crippen molar-refractivity contribution < 1.29 is 4.74 Å². The van der Waals surface area contributed by atoms with Gasteiger partial charge < -0.3 is 10.1 Å². The summed E-state index contributed by atoms with van der Waals surface area (Å²) in [4.78, 5) is 0. The Labute approximate surface area is 110 Å². The van der Waals surface area contributed by atoms with Crippen LogP contribution in [0.2, 0.25) is 0 Å². The summed E-state index contributed by atoms with van der Waals surface area (Å²) in [7, 11) is 1.78. The summed E-state index contributed by atoms with van der Waals surface area (Å²) in [5, 5.41) is 3.70. The highest BCUT2D eigenvalue weighted by atomic mass is 16.5. The third-order valence-corrected chi connectivity index (χ3v) is 4.63. The fourth-order valence-corrected chi connectivity index (χ4v) is 3.03. The number of methoxy groups -OCH3 is 1. The molecule has 0 aliphatic heterocycles. The molecule has 2 saturated carbocycles. The van der Waals surface area contributed by atoms with Crippen LogP contribution in [0.25, 0.3) is 0 Å². The maximum absolute atomic E-state index is 5.57. The van der Waals surface area contributed by atoms with E-state index in [1.165, 1.54) is 30.4 Å². The van der Waals surface area contributed by atoms with Crippen molar-refractivity contribution in [2.45, 2.75) is 44.6 Å². The van der Waals surface area contributed by atoms with Gasteiger partial charge in [0.15, 0.2) is 0 Å². The van der Waals surface area contributed by atoms with Gasteiger partial charge in [0, 0.05) is 23.6 Å². The topological polar surface area (TPSA) is 21.3 Å². The molecule has 2 nitrogen and oxygen atoms in total. The molecule has 0 radical (unpaired) electrons. The smallest absolute Gasteiger partial charge is 0.122 e. The number of benzene rings is 1. The lowest BCUT2D eigenvalue weighted by molar-refractivity contribution is 0.398. The van der Waals surface area contributed by atoms with Crippen LogP contribution < -0.4 is 10.1 Å². The van der Waals surface area contributed by atoms with Crippen LogP contribution in [0.5, 0.6) is 5.75 Å². The lowest BCUT2D eigenvalue weighted by Crippen LogP contribution is -2.30. The summed E-state index contributed by atoms with van der Waals surface area (Å²) in [5.41, 5.74) is 3.06. The van der Waals surface area contributed by atoms with Gasteiger partial charge in [-0.1, -0.05) is 24.6 Å². The van der Waals surface area contributed by atoms with E-state index >= 15 is 0 Å². The van der Waals surface area contributed by atoms with E-state index in [2.05, 4.69) is 37.4 Å². The van der Waals surface area contributed by atoms with Gasteiger partial charge in [-0.15, -0.1) is 0 Å². The number of hydrogen-bond acceptors (Lipinski definition) is 2. The van der Waals surface area contributed by atoms with E-state index in [0.717, 1.165) is 24.3 Å². The van der Waals surface area contributed by atoms with Crippen molar-refractivity contribution in [2.24, 2.45) is 5.92 Å². The molecule has 3 rings (SSSR count). The fraction of sp³-hybridized carbons (Fsp3) is 0.625. The Morgan fingerprint density at radius 3 is 2.67 bits per heavy atom. The molecule has 0 saturated heterocycles. The largest absolute Gasteiger partial charge is 0.496 e. The van der Waals surface area contributed by atoms with Crippen LogP contribution in [0.15, 0.2) is 18.2 Å². The Bertz CT molecular complexity index is 452. The van der Waals surface area contributed by atoms with Crippen molar-refractivity contribution in [1.82, 2.24) is 5.32 Å². The van der Waals surface area contributed by atoms with E-state index in [1.807, 2.05) is 0 Å². The second kappa shape index (κ2) is 4.27. The van der Waals surface area contributed by atoms with Gasteiger partial charge in [0.1, 0.15) is 5.75 Å². The summed E-state index contributed by atoms with van der Waals surface area (Å²) in [6.45, 7) is 5.63. The molecule has 1 aromatic carbocycles. The zero-order valence-corrected chi connectivity index (χ0v) is 11.6. The van der Waals surface area contributed by atoms with Crippen molar-refractivity contribution in [3.8, 4) is 5.75 Å². The van der Waals surface area contributed by atoms with E-state index in [4.69, 9.17) is 4.74 Å². The maximum Gasteiger partial charge on any atom is 0.122 e.